The summed E-state index contributed by atoms with van der Waals surface area (Å²) in [6.45, 7) is 4.23. The predicted molar refractivity (Wildman–Crippen MR) is 131 cm³/mol. The van der Waals surface area contributed by atoms with Crippen LogP contribution < -0.4 is 15.5 Å². The maximum absolute atomic E-state index is 4.64. The molecule has 1 aliphatic heterocycles. The highest BCUT2D eigenvalue weighted by molar-refractivity contribution is 14.0. The Bertz CT molecular complexity index is 606. The summed E-state index contributed by atoms with van der Waals surface area (Å²) in [4.78, 5) is 13.9. The number of aromatic nitrogens is 1. The number of anilines is 1. The summed E-state index contributed by atoms with van der Waals surface area (Å²) in [5.41, 5.74) is 1.38. The highest BCUT2D eigenvalue weighted by atomic mass is 127. The molecule has 8 heteroatoms. The third-order valence-corrected chi connectivity index (χ3v) is 7.04. The molecule has 2 heterocycles. The van der Waals surface area contributed by atoms with Crippen LogP contribution in [0.25, 0.3) is 0 Å². The first kappa shape index (κ1) is 23.7. The number of thiazole rings is 1. The SMILES string of the molecule is CN=C(NCc1csc(N(C)C)n1)NCC1(N2CCCCC2)CCCCC1.I. The van der Waals surface area contributed by atoms with Crippen molar-refractivity contribution in [1.82, 2.24) is 20.5 Å². The Hall–Kier alpha value is -0.610. The molecule has 1 saturated heterocycles. The molecular weight excluding hydrogens is 483 g/mol. The summed E-state index contributed by atoms with van der Waals surface area (Å²) in [6, 6.07) is 0. The lowest BCUT2D eigenvalue weighted by atomic mass is 9.79. The molecule has 0 bridgehead atoms. The van der Waals surface area contributed by atoms with Gasteiger partial charge >= 0.3 is 0 Å². The number of hydrogen-bond donors (Lipinski definition) is 2. The molecule has 28 heavy (non-hydrogen) atoms. The molecule has 3 rings (SSSR count). The van der Waals surface area contributed by atoms with Gasteiger partial charge in [0.1, 0.15) is 0 Å². The first-order chi connectivity index (χ1) is 13.1. The van der Waals surface area contributed by atoms with Crippen molar-refractivity contribution >= 4 is 46.4 Å². The van der Waals surface area contributed by atoms with Crippen molar-refractivity contribution in [2.24, 2.45) is 4.99 Å². The Morgan fingerprint density at radius 2 is 1.82 bits per heavy atom. The lowest BCUT2D eigenvalue weighted by Gasteiger charge is -2.48. The smallest absolute Gasteiger partial charge is 0.191 e. The van der Waals surface area contributed by atoms with E-state index in [2.05, 4.69) is 30.9 Å². The number of guanidine groups is 1. The van der Waals surface area contributed by atoms with Crippen molar-refractivity contribution in [3.05, 3.63) is 11.1 Å². The molecule has 2 N–H and O–H groups in total. The van der Waals surface area contributed by atoms with E-state index in [-0.39, 0.29) is 24.0 Å². The second-order valence-electron chi connectivity index (χ2n) is 8.13. The van der Waals surface area contributed by atoms with Gasteiger partial charge in [0.2, 0.25) is 0 Å². The molecular formula is C20H37IN6S. The molecule has 1 aromatic heterocycles. The Kier molecular flexibility index (Phi) is 9.76. The Morgan fingerprint density at radius 1 is 1.14 bits per heavy atom. The van der Waals surface area contributed by atoms with Gasteiger partial charge in [0.05, 0.1) is 12.2 Å². The van der Waals surface area contributed by atoms with E-state index in [0.29, 0.717) is 12.1 Å². The van der Waals surface area contributed by atoms with Gasteiger partial charge in [0.15, 0.2) is 11.1 Å². The lowest BCUT2D eigenvalue weighted by molar-refractivity contribution is 0.0368. The fourth-order valence-electron chi connectivity index (χ4n) is 4.41. The number of nitrogens with one attached hydrogen (secondary N) is 2. The topological polar surface area (TPSA) is 55.8 Å². The fraction of sp³-hybridized carbons (Fsp3) is 0.800. The van der Waals surface area contributed by atoms with Gasteiger partial charge in [-0.3, -0.25) is 9.89 Å². The average molecular weight is 521 g/mol. The highest BCUT2D eigenvalue weighted by Gasteiger charge is 2.38. The molecule has 0 aromatic carbocycles. The first-order valence-corrected chi connectivity index (χ1v) is 11.3. The van der Waals surface area contributed by atoms with Crippen LogP contribution in [0.5, 0.6) is 0 Å². The summed E-state index contributed by atoms with van der Waals surface area (Å²) < 4.78 is 0. The number of rotatable bonds is 6. The number of nitrogens with zero attached hydrogens (tertiary/aromatic N) is 4. The molecule has 6 nitrogen and oxygen atoms in total. The summed E-state index contributed by atoms with van der Waals surface area (Å²) in [5, 5.41) is 10.2. The molecule has 160 valence electrons. The van der Waals surface area contributed by atoms with E-state index in [1.807, 2.05) is 26.0 Å². The van der Waals surface area contributed by atoms with Crippen molar-refractivity contribution < 1.29 is 0 Å². The Labute approximate surface area is 191 Å². The second-order valence-corrected chi connectivity index (χ2v) is 8.96. The van der Waals surface area contributed by atoms with Crippen molar-refractivity contribution in [2.75, 3.05) is 45.7 Å². The normalized spacial score (nSPS) is 20.3. The van der Waals surface area contributed by atoms with Crippen LogP contribution in [-0.4, -0.2) is 62.2 Å². The van der Waals surface area contributed by atoms with E-state index in [4.69, 9.17) is 0 Å². The zero-order chi connectivity index (χ0) is 19.1. The van der Waals surface area contributed by atoms with E-state index >= 15 is 0 Å². The third-order valence-electron chi connectivity index (χ3n) is 5.98. The van der Waals surface area contributed by atoms with Crippen LogP contribution >= 0.6 is 35.3 Å². The third kappa shape index (κ3) is 6.19. The molecule has 0 atom stereocenters. The zero-order valence-electron chi connectivity index (χ0n) is 17.7. The standard InChI is InChI=1S/C20H36N6S.HI/c1-21-18(22-14-17-15-27-19(24-17)25(2)3)23-16-20(10-6-4-7-11-20)26-12-8-5-9-13-26;/h15H,4-14,16H2,1-3H3,(H2,21,22,23);1H. The molecule has 2 aliphatic rings. The van der Waals surface area contributed by atoms with Gasteiger partial charge in [-0.05, 0) is 38.8 Å². The van der Waals surface area contributed by atoms with Crippen LogP contribution in [0.15, 0.2) is 10.4 Å². The molecule has 0 amide bonds. The summed E-state index contributed by atoms with van der Waals surface area (Å²) >= 11 is 1.68. The van der Waals surface area contributed by atoms with Crippen LogP contribution in [0.4, 0.5) is 5.13 Å². The van der Waals surface area contributed by atoms with Crippen LogP contribution in [0.2, 0.25) is 0 Å². The Morgan fingerprint density at radius 3 is 2.43 bits per heavy atom. The maximum atomic E-state index is 4.64. The monoisotopic (exact) mass is 520 g/mol. The predicted octanol–water partition coefficient (Wildman–Crippen LogP) is 3.68. The Balaban J connectivity index is 0.00000280. The van der Waals surface area contributed by atoms with Crippen molar-refractivity contribution in [3.63, 3.8) is 0 Å². The quantitative estimate of drug-likeness (QED) is 0.341. The number of aliphatic imine (C=N–C) groups is 1. The van der Waals surface area contributed by atoms with E-state index in [0.717, 1.165) is 23.3 Å². The van der Waals surface area contributed by atoms with Crippen molar-refractivity contribution in [2.45, 2.75) is 63.5 Å². The van der Waals surface area contributed by atoms with E-state index in [1.165, 1.54) is 64.5 Å². The van der Waals surface area contributed by atoms with Crippen molar-refractivity contribution in [1.29, 1.82) is 0 Å². The van der Waals surface area contributed by atoms with Gasteiger partial charge in [-0.2, -0.15) is 0 Å². The number of likely N-dealkylation sites (tertiary alicyclic amines) is 1. The second kappa shape index (κ2) is 11.5. The maximum Gasteiger partial charge on any atom is 0.191 e. The minimum absolute atomic E-state index is 0. The zero-order valence-corrected chi connectivity index (χ0v) is 20.8. The van der Waals surface area contributed by atoms with Gasteiger partial charge in [-0.25, -0.2) is 4.98 Å². The lowest BCUT2D eigenvalue weighted by Crippen LogP contribution is -2.59. The van der Waals surface area contributed by atoms with Crippen LogP contribution in [-0.2, 0) is 6.54 Å². The largest absolute Gasteiger partial charge is 0.355 e. The van der Waals surface area contributed by atoms with Crippen molar-refractivity contribution in [3.8, 4) is 0 Å². The van der Waals surface area contributed by atoms with Gasteiger partial charge in [-0.15, -0.1) is 35.3 Å². The molecule has 2 fully saturated rings. The van der Waals surface area contributed by atoms with Crippen LogP contribution in [0.3, 0.4) is 0 Å². The highest BCUT2D eigenvalue weighted by Crippen LogP contribution is 2.35. The summed E-state index contributed by atoms with van der Waals surface area (Å²) in [6.07, 6.45) is 10.8. The number of halogens is 1. The van der Waals surface area contributed by atoms with E-state index in [9.17, 15) is 0 Å². The molecule has 0 radical (unpaired) electrons. The molecule has 0 spiro atoms. The average Bonchev–Trinajstić information content (AvgIpc) is 3.19. The van der Waals surface area contributed by atoms with Crippen LogP contribution in [0, 0.1) is 0 Å². The van der Waals surface area contributed by atoms with Gasteiger partial charge in [0, 0.05) is 38.6 Å². The molecule has 0 unspecified atom stereocenters. The summed E-state index contributed by atoms with van der Waals surface area (Å²) in [7, 11) is 5.91. The number of piperidine rings is 1. The van der Waals surface area contributed by atoms with Gasteiger partial charge in [-0.1, -0.05) is 25.7 Å². The minimum atomic E-state index is 0. The molecule has 1 saturated carbocycles. The van der Waals surface area contributed by atoms with Gasteiger partial charge < -0.3 is 15.5 Å². The summed E-state index contributed by atoms with van der Waals surface area (Å²) in [5.74, 6) is 0.886. The minimum Gasteiger partial charge on any atom is -0.355 e. The van der Waals surface area contributed by atoms with E-state index in [1.54, 1.807) is 11.3 Å². The van der Waals surface area contributed by atoms with Gasteiger partial charge in [0.25, 0.3) is 0 Å². The fourth-order valence-corrected chi connectivity index (χ4v) is 5.17. The number of hydrogen-bond acceptors (Lipinski definition) is 5. The van der Waals surface area contributed by atoms with E-state index < -0.39 is 0 Å². The molecule has 1 aromatic rings. The molecule has 1 aliphatic carbocycles. The van der Waals surface area contributed by atoms with Crippen LogP contribution in [0.1, 0.15) is 57.1 Å². The first-order valence-electron chi connectivity index (χ1n) is 10.4.